The van der Waals surface area contributed by atoms with Gasteiger partial charge in [-0.3, -0.25) is 9.59 Å². The van der Waals surface area contributed by atoms with E-state index in [-0.39, 0.29) is 17.6 Å². The molecule has 2 amide bonds. The number of benzene rings is 2. The van der Waals surface area contributed by atoms with Gasteiger partial charge >= 0.3 is 0 Å². The van der Waals surface area contributed by atoms with Gasteiger partial charge in [-0.2, -0.15) is 0 Å². The Hall–Kier alpha value is -2.73. The van der Waals surface area contributed by atoms with Crippen LogP contribution >= 0.6 is 0 Å². The monoisotopic (exact) mass is 330 g/mol. The average molecular weight is 330 g/mol. The molecule has 2 rings (SSSR count). The lowest BCUT2D eigenvalue weighted by molar-refractivity contribution is -0.680. The summed E-state index contributed by atoms with van der Waals surface area (Å²) < 4.78 is 13.0. The number of rotatable bonds is 7. The third-order valence-electron chi connectivity index (χ3n) is 3.47. The smallest absolute Gasteiger partial charge is 0.287 e. The fraction of sp³-hybridized carbons (Fsp3) is 0.222. The summed E-state index contributed by atoms with van der Waals surface area (Å²) in [5.41, 5.74) is 1.40. The summed E-state index contributed by atoms with van der Waals surface area (Å²) in [6, 6.07) is 14.6. The summed E-state index contributed by atoms with van der Waals surface area (Å²) in [6.45, 7) is 2.49. The molecule has 0 aliphatic carbocycles. The van der Waals surface area contributed by atoms with Gasteiger partial charge in [0.05, 0.1) is 13.1 Å². The summed E-state index contributed by atoms with van der Waals surface area (Å²) in [6.07, 6.45) is 0. The maximum Gasteiger partial charge on any atom is 0.287 e. The molecule has 0 saturated carbocycles. The van der Waals surface area contributed by atoms with Crippen molar-refractivity contribution in [2.45, 2.75) is 13.0 Å². The molecule has 4 N–H and O–H groups in total. The molecule has 24 heavy (non-hydrogen) atoms. The van der Waals surface area contributed by atoms with E-state index < -0.39 is 6.04 Å². The van der Waals surface area contributed by atoms with Gasteiger partial charge in [-0.25, -0.2) is 4.39 Å². The van der Waals surface area contributed by atoms with Gasteiger partial charge < -0.3 is 16.0 Å². The van der Waals surface area contributed by atoms with E-state index in [9.17, 15) is 14.0 Å². The predicted molar refractivity (Wildman–Crippen MR) is 89.7 cm³/mol. The van der Waals surface area contributed by atoms with Gasteiger partial charge in [0.25, 0.3) is 5.91 Å². The molecule has 0 fully saturated rings. The lowest BCUT2D eigenvalue weighted by Crippen LogP contribution is -2.88. The molecule has 0 unspecified atom stereocenters. The largest absolute Gasteiger partial charge is 0.351 e. The number of hydrogen-bond acceptors (Lipinski definition) is 2. The first-order valence-electron chi connectivity index (χ1n) is 7.75. The van der Waals surface area contributed by atoms with Crippen molar-refractivity contribution in [1.29, 1.82) is 0 Å². The van der Waals surface area contributed by atoms with Crippen LogP contribution in [0.1, 0.15) is 18.5 Å². The number of hydrogen-bond donors (Lipinski definition) is 3. The number of halogens is 1. The molecule has 0 saturated heterocycles. The van der Waals surface area contributed by atoms with Gasteiger partial charge in [0, 0.05) is 18.2 Å². The predicted octanol–water partition coefficient (Wildman–Crippen LogP) is 1.21. The fourth-order valence-corrected chi connectivity index (χ4v) is 2.31. The minimum absolute atomic E-state index is 0.101. The summed E-state index contributed by atoms with van der Waals surface area (Å²) >= 11 is 0. The maximum atomic E-state index is 13.0. The minimum atomic E-state index is -0.454. The number of amides is 2. The molecular formula is C18H21FN3O2+. The van der Waals surface area contributed by atoms with Crippen LogP contribution < -0.4 is 16.0 Å². The molecule has 0 aliphatic rings. The molecule has 0 heterocycles. The molecule has 0 bridgehead atoms. The van der Waals surface area contributed by atoms with Crippen LogP contribution in [-0.4, -0.2) is 24.9 Å². The lowest BCUT2D eigenvalue weighted by Gasteiger charge is -2.16. The summed E-state index contributed by atoms with van der Waals surface area (Å²) in [5, 5.41) is 7.36. The Morgan fingerprint density at radius 1 is 1.08 bits per heavy atom. The standard InChI is InChI=1S/C18H20FN3O2/c1-13(23)20-11-12-21-17(14-5-3-2-4-6-14)18(24)22-16-9-7-15(19)8-10-16/h2-10,17,21H,11-12H2,1H3,(H,20,23)(H,22,24)/p+1/t17-/m0/s1. The van der Waals surface area contributed by atoms with Gasteiger partial charge in [-0.05, 0) is 24.3 Å². The topological polar surface area (TPSA) is 74.8 Å². The van der Waals surface area contributed by atoms with Crippen molar-refractivity contribution < 1.29 is 19.3 Å². The Morgan fingerprint density at radius 2 is 1.75 bits per heavy atom. The third-order valence-corrected chi connectivity index (χ3v) is 3.47. The van der Waals surface area contributed by atoms with Crippen LogP contribution in [-0.2, 0) is 9.59 Å². The zero-order valence-electron chi connectivity index (χ0n) is 13.5. The van der Waals surface area contributed by atoms with Crippen LogP contribution in [0.5, 0.6) is 0 Å². The molecule has 0 aromatic heterocycles. The highest BCUT2D eigenvalue weighted by molar-refractivity contribution is 5.94. The second-order valence-corrected chi connectivity index (χ2v) is 5.39. The van der Waals surface area contributed by atoms with E-state index in [2.05, 4.69) is 10.6 Å². The second kappa shape index (κ2) is 8.79. The van der Waals surface area contributed by atoms with Crippen molar-refractivity contribution in [2.24, 2.45) is 0 Å². The van der Waals surface area contributed by atoms with E-state index in [0.29, 0.717) is 18.8 Å². The highest BCUT2D eigenvalue weighted by atomic mass is 19.1. The Balaban J connectivity index is 2.05. The normalized spacial score (nSPS) is 11.6. The zero-order chi connectivity index (χ0) is 17.4. The first-order chi connectivity index (χ1) is 11.6. The average Bonchev–Trinajstić information content (AvgIpc) is 2.57. The van der Waals surface area contributed by atoms with Gasteiger partial charge in [0.15, 0.2) is 6.04 Å². The summed E-state index contributed by atoms with van der Waals surface area (Å²) in [5.74, 6) is -0.652. The Kier molecular flexibility index (Phi) is 6.45. The van der Waals surface area contributed by atoms with Gasteiger partial charge in [-0.1, -0.05) is 30.3 Å². The zero-order valence-corrected chi connectivity index (χ0v) is 13.5. The Labute approximate surface area is 140 Å². The number of nitrogens with two attached hydrogens (primary N) is 1. The molecule has 5 nitrogen and oxygen atoms in total. The van der Waals surface area contributed by atoms with E-state index in [4.69, 9.17) is 0 Å². The Morgan fingerprint density at radius 3 is 2.38 bits per heavy atom. The van der Waals surface area contributed by atoms with Gasteiger partial charge in [-0.15, -0.1) is 0 Å². The molecule has 0 spiro atoms. The van der Waals surface area contributed by atoms with Crippen molar-refractivity contribution >= 4 is 17.5 Å². The van der Waals surface area contributed by atoms with Crippen molar-refractivity contribution in [3.05, 3.63) is 66.0 Å². The molecule has 6 heteroatoms. The van der Waals surface area contributed by atoms with Crippen LogP contribution in [0.15, 0.2) is 54.6 Å². The quantitative estimate of drug-likeness (QED) is 0.668. The van der Waals surface area contributed by atoms with E-state index in [1.807, 2.05) is 35.6 Å². The SMILES string of the molecule is CC(=O)NCC[NH2+][C@H](C(=O)Nc1ccc(F)cc1)c1ccccc1. The molecule has 2 aromatic rings. The van der Waals surface area contributed by atoms with Crippen LogP contribution in [0.25, 0.3) is 0 Å². The minimum Gasteiger partial charge on any atom is -0.351 e. The van der Waals surface area contributed by atoms with Crippen molar-refractivity contribution in [3.63, 3.8) is 0 Å². The first kappa shape index (κ1) is 17.6. The van der Waals surface area contributed by atoms with E-state index in [0.717, 1.165) is 5.56 Å². The summed E-state index contributed by atoms with van der Waals surface area (Å²) in [4.78, 5) is 23.5. The van der Waals surface area contributed by atoms with Crippen LogP contribution in [0.4, 0.5) is 10.1 Å². The molecule has 1 atom stereocenters. The number of carbonyl (C=O) groups is 2. The van der Waals surface area contributed by atoms with E-state index >= 15 is 0 Å². The summed E-state index contributed by atoms with van der Waals surface area (Å²) in [7, 11) is 0. The molecule has 0 aliphatic heterocycles. The first-order valence-corrected chi connectivity index (χ1v) is 7.75. The van der Waals surface area contributed by atoms with Gasteiger partial charge in [0.1, 0.15) is 5.82 Å². The maximum absolute atomic E-state index is 13.0. The van der Waals surface area contributed by atoms with Crippen LogP contribution in [0.2, 0.25) is 0 Å². The fourth-order valence-electron chi connectivity index (χ4n) is 2.31. The van der Waals surface area contributed by atoms with Crippen molar-refractivity contribution in [1.82, 2.24) is 5.32 Å². The molecule has 126 valence electrons. The highest BCUT2D eigenvalue weighted by Crippen LogP contribution is 2.13. The van der Waals surface area contributed by atoms with Crippen molar-refractivity contribution in [3.8, 4) is 0 Å². The second-order valence-electron chi connectivity index (χ2n) is 5.39. The molecule has 2 aromatic carbocycles. The van der Waals surface area contributed by atoms with E-state index in [1.54, 1.807) is 0 Å². The van der Waals surface area contributed by atoms with Gasteiger partial charge in [0.2, 0.25) is 5.91 Å². The number of carbonyl (C=O) groups excluding carboxylic acids is 2. The number of quaternary nitrogens is 1. The number of nitrogens with one attached hydrogen (secondary N) is 2. The van der Waals surface area contributed by atoms with Crippen LogP contribution in [0.3, 0.4) is 0 Å². The molecule has 0 radical (unpaired) electrons. The third kappa shape index (κ3) is 5.48. The lowest BCUT2D eigenvalue weighted by atomic mass is 10.1. The number of anilines is 1. The molecular weight excluding hydrogens is 309 g/mol. The Bertz CT molecular complexity index is 674. The van der Waals surface area contributed by atoms with E-state index in [1.165, 1.54) is 31.2 Å². The van der Waals surface area contributed by atoms with Crippen LogP contribution in [0, 0.1) is 5.82 Å². The highest BCUT2D eigenvalue weighted by Gasteiger charge is 2.23. The van der Waals surface area contributed by atoms with Crippen molar-refractivity contribution in [2.75, 3.05) is 18.4 Å².